The highest BCUT2D eigenvalue weighted by atomic mass is 31.2. The molecule has 8 heteroatoms. The number of rotatable bonds is 4. The minimum atomic E-state index is -4.11. The van der Waals surface area contributed by atoms with Crippen molar-refractivity contribution in [2.45, 2.75) is 12.1 Å². The van der Waals surface area contributed by atoms with Gasteiger partial charge in [-0.1, -0.05) is 17.7 Å². The largest absolute Gasteiger partial charge is 0.352 e. The number of carbonyl (C=O) groups excluding carboxylic acids is 1. The summed E-state index contributed by atoms with van der Waals surface area (Å²) >= 11 is 0. The van der Waals surface area contributed by atoms with Crippen molar-refractivity contribution in [1.29, 1.82) is 10.5 Å². The number of benzene rings is 1. The van der Waals surface area contributed by atoms with E-state index in [4.69, 9.17) is 9.05 Å². The Morgan fingerprint density at radius 3 is 2.36 bits per heavy atom. The van der Waals surface area contributed by atoms with Crippen LogP contribution in [0, 0.1) is 35.5 Å². The van der Waals surface area contributed by atoms with E-state index in [-0.39, 0.29) is 5.56 Å². The summed E-state index contributed by atoms with van der Waals surface area (Å²) in [4.78, 5) is 12.6. The van der Waals surface area contributed by atoms with Gasteiger partial charge in [0.15, 0.2) is 5.92 Å². The zero-order chi connectivity index (χ0) is 16.5. The van der Waals surface area contributed by atoms with Crippen molar-refractivity contribution in [3.8, 4) is 12.1 Å². The molecular formula is C14H14N3O4P. The Bertz CT molecular complexity index is 742. The lowest BCUT2D eigenvalue weighted by Gasteiger charge is -2.33. The zero-order valence-corrected chi connectivity index (χ0v) is 13.2. The number of nitrogens with one attached hydrogen (secondary N) is 1. The van der Waals surface area contributed by atoms with Crippen LogP contribution in [0.2, 0.25) is 0 Å². The summed E-state index contributed by atoms with van der Waals surface area (Å²) in [6, 6.07) is 8.49. The van der Waals surface area contributed by atoms with Crippen molar-refractivity contribution in [1.82, 2.24) is 0 Å². The fraction of sp³-hybridized carbons (Fsp3) is 0.357. The molecule has 1 atom stereocenters. The molecule has 1 aliphatic rings. The third-order valence-electron chi connectivity index (χ3n) is 3.77. The summed E-state index contributed by atoms with van der Waals surface area (Å²) < 4.78 is 23.1. The Morgan fingerprint density at radius 2 is 1.86 bits per heavy atom. The summed E-state index contributed by atoms with van der Waals surface area (Å²) in [5.74, 6) is -2.27. The standard InChI is InChI=1S/C14H14N3O4P/c1-9-4-5-12-11(6-9)14(13(18)17-12,10(7-15)8-16)22(19,20-2)21-3/h4-6,10H,1-3H3,(H,17,18)/t14-/m0/s1. The normalized spacial score (nSPS) is 20.2. The number of amides is 1. The summed E-state index contributed by atoms with van der Waals surface area (Å²) in [5, 5.41) is 19.2. The Balaban J connectivity index is 2.92. The predicted octanol–water partition coefficient (Wildman–Crippen LogP) is 2.29. The summed E-state index contributed by atoms with van der Waals surface area (Å²) in [6.45, 7) is 1.78. The van der Waals surface area contributed by atoms with Crippen LogP contribution in [0.15, 0.2) is 18.2 Å². The molecule has 114 valence electrons. The number of fused-ring (bicyclic) bond motifs is 1. The molecule has 0 spiro atoms. The molecule has 1 amide bonds. The maximum atomic E-state index is 13.1. The fourth-order valence-electron chi connectivity index (χ4n) is 2.72. The topological polar surface area (TPSA) is 112 Å². The molecule has 22 heavy (non-hydrogen) atoms. The number of aryl methyl sites for hydroxylation is 1. The van der Waals surface area contributed by atoms with Crippen LogP contribution >= 0.6 is 7.60 Å². The van der Waals surface area contributed by atoms with Crippen LogP contribution in [-0.4, -0.2) is 20.1 Å². The maximum absolute atomic E-state index is 13.1. The smallest absolute Gasteiger partial charge is 0.324 e. The molecule has 1 aromatic rings. The second-order valence-electron chi connectivity index (χ2n) is 4.82. The lowest BCUT2D eigenvalue weighted by Crippen LogP contribution is -2.41. The van der Waals surface area contributed by atoms with Crippen LogP contribution in [0.1, 0.15) is 11.1 Å². The molecular weight excluding hydrogens is 305 g/mol. The Hall–Kier alpha value is -2.18. The van der Waals surface area contributed by atoms with E-state index in [9.17, 15) is 19.9 Å². The predicted molar refractivity (Wildman–Crippen MR) is 77.8 cm³/mol. The molecule has 1 aromatic carbocycles. The van der Waals surface area contributed by atoms with Gasteiger partial charge < -0.3 is 14.4 Å². The van der Waals surface area contributed by atoms with Crippen molar-refractivity contribution in [2.24, 2.45) is 5.92 Å². The van der Waals surface area contributed by atoms with Crippen molar-refractivity contribution < 1.29 is 18.4 Å². The van der Waals surface area contributed by atoms with E-state index in [1.807, 2.05) is 0 Å². The second kappa shape index (κ2) is 5.55. The molecule has 1 N–H and O–H groups in total. The van der Waals surface area contributed by atoms with Gasteiger partial charge in [-0.05, 0) is 13.0 Å². The van der Waals surface area contributed by atoms with Crippen molar-refractivity contribution >= 4 is 19.2 Å². The van der Waals surface area contributed by atoms with E-state index in [1.54, 1.807) is 37.3 Å². The SMILES string of the molecule is COP(=O)(OC)[C@]1(C(C#N)C#N)C(=O)Nc2ccc(C)cc21. The molecule has 0 unspecified atom stereocenters. The van der Waals surface area contributed by atoms with Crippen molar-refractivity contribution in [3.63, 3.8) is 0 Å². The summed E-state index contributed by atoms with van der Waals surface area (Å²) in [6.07, 6.45) is 0. The van der Waals surface area contributed by atoms with Crippen LogP contribution in [0.3, 0.4) is 0 Å². The number of nitrogens with zero attached hydrogens (tertiary/aromatic N) is 2. The van der Waals surface area contributed by atoms with E-state index in [2.05, 4.69) is 5.32 Å². The molecule has 0 fully saturated rings. The molecule has 1 heterocycles. The number of hydrogen-bond acceptors (Lipinski definition) is 6. The third-order valence-corrected chi connectivity index (χ3v) is 6.30. The van der Waals surface area contributed by atoms with Gasteiger partial charge in [0, 0.05) is 25.5 Å². The maximum Gasteiger partial charge on any atom is 0.352 e. The highest BCUT2D eigenvalue weighted by Crippen LogP contribution is 2.70. The molecule has 0 aliphatic carbocycles. The van der Waals surface area contributed by atoms with E-state index in [0.29, 0.717) is 5.69 Å². The minimum absolute atomic E-state index is 0.276. The number of anilines is 1. The molecule has 2 rings (SSSR count). The first-order valence-corrected chi connectivity index (χ1v) is 7.89. The monoisotopic (exact) mass is 319 g/mol. The fourth-order valence-corrected chi connectivity index (χ4v) is 4.66. The average Bonchev–Trinajstić information content (AvgIpc) is 2.81. The van der Waals surface area contributed by atoms with Gasteiger partial charge >= 0.3 is 7.60 Å². The first-order chi connectivity index (χ1) is 10.4. The van der Waals surface area contributed by atoms with Gasteiger partial charge in [0.1, 0.15) is 0 Å². The number of carbonyl (C=O) groups is 1. The van der Waals surface area contributed by atoms with Gasteiger partial charge in [0.2, 0.25) is 11.1 Å². The Kier molecular flexibility index (Phi) is 4.08. The third kappa shape index (κ3) is 1.88. The highest BCUT2D eigenvalue weighted by Gasteiger charge is 2.66. The Morgan fingerprint density at radius 1 is 1.27 bits per heavy atom. The van der Waals surface area contributed by atoms with Gasteiger partial charge in [-0.15, -0.1) is 0 Å². The molecule has 1 aliphatic heterocycles. The van der Waals surface area contributed by atoms with Crippen LogP contribution in [0.5, 0.6) is 0 Å². The van der Waals surface area contributed by atoms with Gasteiger partial charge in [-0.2, -0.15) is 10.5 Å². The van der Waals surface area contributed by atoms with E-state index < -0.39 is 24.6 Å². The van der Waals surface area contributed by atoms with Crippen molar-refractivity contribution in [2.75, 3.05) is 19.5 Å². The zero-order valence-electron chi connectivity index (χ0n) is 12.3. The van der Waals surface area contributed by atoms with Gasteiger partial charge in [0.25, 0.3) is 0 Å². The lowest BCUT2D eigenvalue weighted by atomic mass is 9.87. The van der Waals surface area contributed by atoms with E-state index in [1.165, 1.54) is 0 Å². The lowest BCUT2D eigenvalue weighted by molar-refractivity contribution is -0.119. The minimum Gasteiger partial charge on any atom is -0.324 e. The van der Waals surface area contributed by atoms with E-state index in [0.717, 1.165) is 19.8 Å². The molecule has 0 radical (unpaired) electrons. The first-order valence-electron chi connectivity index (χ1n) is 6.34. The van der Waals surface area contributed by atoms with Crippen molar-refractivity contribution in [3.05, 3.63) is 29.3 Å². The van der Waals surface area contributed by atoms with Crippen LogP contribution in [-0.2, 0) is 23.6 Å². The van der Waals surface area contributed by atoms with Crippen LogP contribution < -0.4 is 5.32 Å². The van der Waals surface area contributed by atoms with Crippen LogP contribution in [0.25, 0.3) is 0 Å². The molecule has 0 aromatic heterocycles. The first kappa shape index (κ1) is 16.2. The van der Waals surface area contributed by atoms with Gasteiger partial charge in [-0.3, -0.25) is 9.36 Å². The average molecular weight is 319 g/mol. The highest BCUT2D eigenvalue weighted by molar-refractivity contribution is 7.56. The van der Waals surface area contributed by atoms with E-state index >= 15 is 0 Å². The van der Waals surface area contributed by atoms with Crippen LogP contribution in [0.4, 0.5) is 5.69 Å². The molecule has 7 nitrogen and oxygen atoms in total. The second-order valence-corrected chi connectivity index (χ2v) is 7.25. The molecule has 0 saturated carbocycles. The number of nitriles is 2. The number of hydrogen-bond donors (Lipinski definition) is 1. The van der Waals surface area contributed by atoms with Gasteiger partial charge in [-0.25, -0.2) is 0 Å². The quantitative estimate of drug-likeness (QED) is 0.852. The molecule has 0 saturated heterocycles. The molecule has 0 bridgehead atoms. The Labute approximate surface area is 128 Å². The van der Waals surface area contributed by atoms with Gasteiger partial charge in [0.05, 0.1) is 12.1 Å². The summed E-state index contributed by atoms with van der Waals surface area (Å²) in [5.41, 5.74) is 1.45. The summed E-state index contributed by atoms with van der Waals surface area (Å²) in [7, 11) is -1.87.